The minimum atomic E-state index is -0.351. The predicted octanol–water partition coefficient (Wildman–Crippen LogP) is 2.97. The van der Waals surface area contributed by atoms with Crippen LogP contribution >= 0.6 is 0 Å². The number of halogens is 1. The molecule has 82 valence electrons. The van der Waals surface area contributed by atoms with E-state index in [1.54, 1.807) is 13.2 Å². The molecule has 0 spiro atoms. The van der Waals surface area contributed by atoms with Gasteiger partial charge in [-0.3, -0.25) is 0 Å². The Morgan fingerprint density at radius 3 is 2.81 bits per heavy atom. The van der Waals surface area contributed by atoms with Gasteiger partial charge in [-0.15, -0.1) is 0 Å². The summed E-state index contributed by atoms with van der Waals surface area (Å²) < 4.78 is 17.7. The molecule has 0 fully saturated rings. The molecule has 0 aliphatic rings. The standard InChI is InChI=1S/C12H11FN2O/c1-16-11-4-2-3-10(7-11)15-12-6-5-9(13)8-14-12/h2-8H,1H3,(H,14,15). The first kappa shape index (κ1) is 10.4. The van der Waals surface area contributed by atoms with Crippen LogP contribution < -0.4 is 10.1 Å². The summed E-state index contributed by atoms with van der Waals surface area (Å²) in [6.07, 6.45) is 1.17. The first-order valence-corrected chi connectivity index (χ1v) is 4.80. The lowest BCUT2D eigenvalue weighted by atomic mass is 10.3. The van der Waals surface area contributed by atoms with Gasteiger partial charge in [0, 0.05) is 11.8 Å². The second kappa shape index (κ2) is 4.61. The van der Waals surface area contributed by atoms with Crippen LogP contribution in [0.2, 0.25) is 0 Å². The van der Waals surface area contributed by atoms with E-state index >= 15 is 0 Å². The number of pyridine rings is 1. The van der Waals surface area contributed by atoms with Crippen molar-refractivity contribution in [3.8, 4) is 5.75 Å². The van der Waals surface area contributed by atoms with Crippen molar-refractivity contribution in [1.29, 1.82) is 0 Å². The van der Waals surface area contributed by atoms with Gasteiger partial charge in [-0.05, 0) is 24.3 Å². The van der Waals surface area contributed by atoms with Crippen molar-refractivity contribution >= 4 is 11.5 Å². The molecule has 1 N–H and O–H groups in total. The quantitative estimate of drug-likeness (QED) is 0.859. The van der Waals surface area contributed by atoms with Crippen molar-refractivity contribution < 1.29 is 9.13 Å². The summed E-state index contributed by atoms with van der Waals surface area (Å²) in [5, 5.41) is 3.05. The first-order chi connectivity index (χ1) is 7.78. The molecule has 0 aliphatic carbocycles. The maximum absolute atomic E-state index is 12.6. The fourth-order valence-electron chi connectivity index (χ4n) is 1.30. The predicted molar refractivity (Wildman–Crippen MR) is 60.5 cm³/mol. The highest BCUT2D eigenvalue weighted by Crippen LogP contribution is 2.19. The largest absolute Gasteiger partial charge is 0.497 e. The molecule has 2 rings (SSSR count). The van der Waals surface area contributed by atoms with Gasteiger partial charge >= 0.3 is 0 Å². The van der Waals surface area contributed by atoms with Crippen molar-refractivity contribution in [2.45, 2.75) is 0 Å². The van der Waals surface area contributed by atoms with Gasteiger partial charge in [0.25, 0.3) is 0 Å². The van der Waals surface area contributed by atoms with Gasteiger partial charge in [-0.25, -0.2) is 9.37 Å². The van der Waals surface area contributed by atoms with Crippen molar-refractivity contribution in [3.05, 3.63) is 48.4 Å². The van der Waals surface area contributed by atoms with Crippen LogP contribution in [0.15, 0.2) is 42.6 Å². The molecule has 0 amide bonds. The molecule has 2 aromatic rings. The molecule has 0 bridgehead atoms. The normalized spacial score (nSPS) is 9.88. The van der Waals surface area contributed by atoms with Crippen LogP contribution in [0.4, 0.5) is 15.9 Å². The lowest BCUT2D eigenvalue weighted by molar-refractivity contribution is 0.415. The number of benzene rings is 1. The molecule has 0 saturated carbocycles. The molecule has 0 atom stereocenters. The summed E-state index contributed by atoms with van der Waals surface area (Å²) in [4.78, 5) is 3.90. The van der Waals surface area contributed by atoms with Crippen LogP contribution in [-0.2, 0) is 0 Å². The Bertz CT molecular complexity index is 471. The second-order valence-electron chi connectivity index (χ2n) is 3.22. The Hall–Kier alpha value is -2.10. The number of aromatic nitrogens is 1. The fourth-order valence-corrected chi connectivity index (χ4v) is 1.30. The zero-order valence-corrected chi connectivity index (χ0v) is 8.77. The van der Waals surface area contributed by atoms with E-state index < -0.39 is 0 Å². The highest BCUT2D eigenvalue weighted by atomic mass is 19.1. The molecular formula is C12H11FN2O. The molecule has 1 heterocycles. The lowest BCUT2D eigenvalue weighted by Crippen LogP contribution is -1.94. The maximum atomic E-state index is 12.6. The molecule has 1 aromatic heterocycles. The maximum Gasteiger partial charge on any atom is 0.141 e. The third kappa shape index (κ3) is 2.48. The average molecular weight is 218 g/mol. The SMILES string of the molecule is COc1cccc(Nc2ccc(F)cn2)c1. The summed E-state index contributed by atoms with van der Waals surface area (Å²) in [5.74, 6) is 0.998. The Balaban J connectivity index is 2.16. The smallest absolute Gasteiger partial charge is 0.141 e. The molecule has 0 unspecified atom stereocenters. The summed E-state index contributed by atoms with van der Waals surface area (Å²) in [6.45, 7) is 0. The highest BCUT2D eigenvalue weighted by Gasteiger charge is 1.98. The fraction of sp³-hybridized carbons (Fsp3) is 0.0833. The second-order valence-corrected chi connectivity index (χ2v) is 3.22. The van der Waals surface area contributed by atoms with Crippen LogP contribution in [0, 0.1) is 5.82 Å². The molecule has 1 aromatic carbocycles. The van der Waals surface area contributed by atoms with Gasteiger partial charge in [0.15, 0.2) is 0 Å². The topological polar surface area (TPSA) is 34.1 Å². The van der Waals surface area contributed by atoms with Gasteiger partial charge in [-0.1, -0.05) is 6.07 Å². The van der Waals surface area contributed by atoms with E-state index in [1.807, 2.05) is 24.3 Å². The summed E-state index contributed by atoms with van der Waals surface area (Å²) >= 11 is 0. The van der Waals surface area contributed by atoms with Crippen molar-refractivity contribution in [3.63, 3.8) is 0 Å². The van der Waals surface area contributed by atoms with E-state index in [9.17, 15) is 4.39 Å². The van der Waals surface area contributed by atoms with Gasteiger partial charge in [0.05, 0.1) is 13.3 Å². The summed E-state index contributed by atoms with van der Waals surface area (Å²) in [5.41, 5.74) is 0.846. The Morgan fingerprint density at radius 1 is 1.25 bits per heavy atom. The first-order valence-electron chi connectivity index (χ1n) is 4.80. The van der Waals surface area contributed by atoms with Gasteiger partial charge < -0.3 is 10.1 Å². The number of ether oxygens (including phenoxy) is 1. The van der Waals surface area contributed by atoms with Crippen LogP contribution in [0.5, 0.6) is 5.75 Å². The molecule has 4 heteroatoms. The van der Waals surface area contributed by atoms with E-state index in [0.29, 0.717) is 5.82 Å². The minimum absolute atomic E-state index is 0.351. The monoisotopic (exact) mass is 218 g/mol. The Kier molecular flexibility index (Phi) is 3.00. The number of anilines is 2. The third-order valence-electron chi connectivity index (χ3n) is 2.07. The van der Waals surface area contributed by atoms with Crippen LogP contribution in [0.1, 0.15) is 0 Å². The van der Waals surface area contributed by atoms with Crippen LogP contribution in [0.25, 0.3) is 0 Å². The highest BCUT2D eigenvalue weighted by molar-refractivity contribution is 5.57. The number of nitrogens with zero attached hydrogens (tertiary/aromatic N) is 1. The minimum Gasteiger partial charge on any atom is -0.497 e. The number of nitrogens with one attached hydrogen (secondary N) is 1. The number of hydrogen-bond donors (Lipinski definition) is 1. The van der Waals surface area contributed by atoms with E-state index in [0.717, 1.165) is 11.4 Å². The molecule has 0 aliphatic heterocycles. The zero-order valence-electron chi connectivity index (χ0n) is 8.77. The van der Waals surface area contributed by atoms with Gasteiger partial charge in [-0.2, -0.15) is 0 Å². The molecule has 16 heavy (non-hydrogen) atoms. The van der Waals surface area contributed by atoms with Crippen LogP contribution in [-0.4, -0.2) is 12.1 Å². The van der Waals surface area contributed by atoms with E-state index in [-0.39, 0.29) is 5.82 Å². The third-order valence-corrected chi connectivity index (χ3v) is 2.07. The Labute approximate surface area is 92.9 Å². The number of methoxy groups -OCH3 is 1. The van der Waals surface area contributed by atoms with Crippen molar-refractivity contribution in [1.82, 2.24) is 4.98 Å². The van der Waals surface area contributed by atoms with Gasteiger partial charge in [0.2, 0.25) is 0 Å². The number of hydrogen-bond acceptors (Lipinski definition) is 3. The Morgan fingerprint density at radius 2 is 2.12 bits per heavy atom. The average Bonchev–Trinajstić information content (AvgIpc) is 2.32. The molecule has 0 radical (unpaired) electrons. The van der Waals surface area contributed by atoms with E-state index in [1.165, 1.54) is 12.3 Å². The van der Waals surface area contributed by atoms with E-state index in [2.05, 4.69) is 10.3 Å². The summed E-state index contributed by atoms with van der Waals surface area (Å²) in [7, 11) is 1.61. The molecule has 0 saturated heterocycles. The zero-order chi connectivity index (χ0) is 11.4. The van der Waals surface area contributed by atoms with Crippen LogP contribution in [0.3, 0.4) is 0 Å². The molecule has 3 nitrogen and oxygen atoms in total. The van der Waals surface area contributed by atoms with E-state index in [4.69, 9.17) is 4.74 Å². The van der Waals surface area contributed by atoms with Crippen molar-refractivity contribution in [2.24, 2.45) is 0 Å². The molecular weight excluding hydrogens is 207 g/mol. The van der Waals surface area contributed by atoms with Crippen molar-refractivity contribution in [2.75, 3.05) is 12.4 Å². The summed E-state index contributed by atoms with van der Waals surface area (Å²) in [6, 6.07) is 10.4. The lowest BCUT2D eigenvalue weighted by Gasteiger charge is -2.06. The van der Waals surface area contributed by atoms with Gasteiger partial charge in [0.1, 0.15) is 17.4 Å². The number of rotatable bonds is 3.